The maximum atomic E-state index is 13.6. The van der Waals surface area contributed by atoms with Crippen LogP contribution in [0.4, 0.5) is 0 Å². The van der Waals surface area contributed by atoms with E-state index in [4.69, 9.17) is 9.47 Å². The fourth-order valence-electron chi connectivity index (χ4n) is 8.90. The number of ether oxygens (including phenoxy) is 2. The lowest BCUT2D eigenvalue weighted by Gasteiger charge is -2.54. The minimum Gasteiger partial charge on any atom is -0.427 e. The second kappa shape index (κ2) is 9.94. The molecule has 0 amide bonds. The summed E-state index contributed by atoms with van der Waals surface area (Å²) in [5, 5.41) is 0. The van der Waals surface area contributed by atoms with Gasteiger partial charge in [0.1, 0.15) is 11.5 Å². The predicted octanol–water partition coefficient (Wildman–Crippen LogP) is 7.77. The quantitative estimate of drug-likeness (QED) is 0.342. The normalized spacial score (nSPS) is 34.2. The molecular formula is C35H40O4. The first-order valence-corrected chi connectivity index (χ1v) is 15.4. The highest BCUT2D eigenvalue weighted by Crippen LogP contribution is 2.68. The van der Waals surface area contributed by atoms with Crippen LogP contribution >= 0.6 is 0 Å². The van der Waals surface area contributed by atoms with Gasteiger partial charge in [0.15, 0.2) is 0 Å². The Bertz CT molecular complexity index is 1290. The third kappa shape index (κ3) is 4.08. The van der Waals surface area contributed by atoms with Gasteiger partial charge < -0.3 is 9.47 Å². The zero-order chi connectivity index (χ0) is 26.6. The zero-order valence-corrected chi connectivity index (χ0v) is 23.1. The lowest BCUT2D eigenvalue weighted by atomic mass is 9.46. The standard InChI is InChI=1S/C35H40O4/c1-2-22(19-24-11-4-3-5-12-24)20-30-35-18-17-25(21-28(35)33(36)39-30)26-15-16-27-29(38-34(37)31(27)32(26)35)14-8-13-23-9-6-7-10-23/h3-5,11-12,14,20-23,25-26,32H,2,6-10,13,15-19H2,1H3. The Morgan fingerprint density at radius 1 is 1.03 bits per heavy atom. The number of hydrogen-bond acceptors (Lipinski definition) is 4. The number of benzene rings is 1. The maximum Gasteiger partial charge on any atom is 0.340 e. The molecule has 0 radical (unpaired) electrons. The summed E-state index contributed by atoms with van der Waals surface area (Å²) >= 11 is 0. The predicted molar refractivity (Wildman–Crippen MR) is 150 cm³/mol. The molecule has 4 heteroatoms. The molecule has 2 saturated carbocycles. The average Bonchev–Trinajstić information content (AvgIpc) is 3.67. The maximum absolute atomic E-state index is 13.6. The van der Waals surface area contributed by atoms with Crippen LogP contribution in [-0.2, 0) is 25.5 Å². The molecule has 5 atom stereocenters. The summed E-state index contributed by atoms with van der Waals surface area (Å²) in [5.41, 5.74) is 3.54. The largest absolute Gasteiger partial charge is 0.427 e. The first-order chi connectivity index (χ1) is 19.1. The second-order valence-electron chi connectivity index (χ2n) is 12.8. The average molecular weight is 525 g/mol. The third-order valence-electron chi connectivity index (χ3n) is 10.8. The number of rotatable bonds is 7. The number of esters is 2. The van der Waals surface area contributed by atoms with Gasteiger partial charge >= 0.3 is 11.9 Å². The van der Waals surface area contributed by atoms with Crippen LogP contribution in [0.15, 0.2) is 76.8 Å². The van der Waals surface area contributed by atoms with Crippen molar-refractivity contribution in [3.05, 3.63) is 82.4 Å². The van der Waals surface area contributed by atoms with Crippen LogP contribution in [0.3, 0.4) is 0 Å². The smallest absolute Gasteiger partial charge is 0.340 e. The SMILES string of the molecule is CCC(C=C1OC(=O)C2=CC3CCC12C1C2=C(CCC31)C(=CCCC1CCCC1)OC2=O)Cc1ccccc1. The molecule has 39 heavy (non-hydrogen) atoms. The highest BCUT2D eigenvalue weighted by Gasteiger charge is 2.66. The van der Waals surface area contributed by atoms with Gasteiger partial charge in [0.2, 0.25) is 0 Å². The van der Waals surface area contributed by atoms with E-state index in [1.807, 2.05) is 6.07 Å². The van der Waals surface area contributed by atoms with Crippen molar-refractivity contribution < 1.29 is 19.1 Å². The van der Waals surface area contributed by atoms with Crippen molar-refractivity contribution >= 4 is 11.9 Å². The van der Waals surface area contributed by atoms with Gasteiger partial charge in [-0.15, -0.1) is 0 Å². The van der Waals surface area contributed by atoms with Crippen molar-refractivity contribution in [1.82, 2.24) is 0 Å². The van der Waals surface area contributed by atoms with Crippen LogP contribution in [0.5, 0.6) is 0 Å². The van der Waals surface area contributed by atoms with E-state index in [1.54, 1.807) is 0 Å². The molecule has 2 aliphatic heterocycles. The van der Waals surface area contributed by atoms with E-state index >= 15 is 0 Å². The van der Waals surface area contributed by atoms with Gasteiger partial charge in [0.05, 0.1) is 5.41 Å². The number of carbonyl (C=O) groups is 2. The fraction of sp³-hybridized carbons (Fsp3) is 0.543. The minimum absolute atomic E-state index is 0.0276. The number of fused-ring (bicyclic) bond motifs is 1. The number of hydrogen-bond donors (Lipinski definition) is 0. The first kappa shape index (κ1) is 25.1. The Hall–Kier alpha value is -2.88. The molecule has 2 bridgehead atoms. The Morgan fingerprint density at radius 3 is 2.64 bits per heavy atom. The van der Waals surface area contributed by atoms with Crippen molar-refractivity contribution in [3.63, 3.8) is 0 Å². The summed E-state index contributed by atoms with van der Waals surface area (Å²) in [5.74, 6) is 2.98. The molecule has 0 aromatic heterocycles. The monoisotopic (exact) mass is 524 g/mol. The molecule has 1 saturated heterocycles. The van der Waals surface area contributed by atoms with Crippen LogP contribution in [0.1, 0.15) is 83.1 Å². The minimum atomic E-state index is -0.528. The van der Waals surface area contributed by atoms with Crippen molar-refractivity contribution in [3.8, 4) is 0 Å². The number of cyclic esters (lactones) is 2. The van der Waals surface area contributed by atoms with Crippen LogP contribution in [-0.4, -0.2) is 11.9 Å². The summed E-state index contributed by atoms with van der Waals surface area (Å²) in [4.78, 5) is 26.9. The first-order valence-electron chi connectivity index (χ1n) is 15.4. The molecule has 4 nitrogen and oxygen atoms in total. The number of carbonyl (C=O) groups excluding carboxylic acids is 2. The molecule has 3 fully saturated rings. The van der Waals surface area contributed by atoms with Crippen molar-refractivity contribution in [2.75, 3.05) is 0 Å². The molecule has 0 N–H and O–H groups in total. The second-order valence-corrected chi connectivity index (χ2v) is 12.8. The molecule has 1 spiro atoms. The molecule has 1 aromatic carbocycles. The zero-order valence-electron chi connectivity index (χ0n) is 23.1. The lowest BCUT2D eigenvalue weighted by Crippen LogP contribution is -2.50. The molecule has 204 valence electrons. The van der Waals surface area contributed by atoms with Crippen LogP contribution in [0.2, 0.25) is 0 Å². The fourth-order valence-corrected chi connectivity index (χ4v) is 8.90. The van der Waals surface area contributed by atoms with Gasteiger partial charge in [-0.2, -0.15) is 0 Å². The van der Waals surface area contributed by atoms with Gasteiger partial charge in [0, 0.05) is 22.6 Å². The Morgan fingerprint density at radius 2 is 1.85 bits per heavy atom. The lowest BCUT2D eigenvalue weighted by molar-refractivity contribution is -0.135. The Balaban J connectivity index is 1.25. The molecule has 5 aliphatic carbocycles. The summed E-state index contributed by atoms with van der Waals surface area (Å²) in [6.07, 6.45) is 19.9. The van der Waals surface area contributed by atoms with Crippen molar-refractivity contribution in [2.45, 2.75) is 84.0 Å². The van der Waals surface area contributed by atoms with E-state index in [2.05, 4.69) is 49.4 Å². The van der Waals surface area contributed by atoms with Gasteiger partial charge in [-0.3, -0.25) is 0 Å². The van der Waals surface area contributed by atoms with Crippen molar-refractivity contribution in [2.24, 2.45) is 35.0 Å². The van der Waals surface area contributed by atoms with Gasteiger partial charge in [-0.05, 0) is 92.8 Å². The Kier molecular flexibility index (Phi) is 6.40. The molecule has 8 rings (SSSR count). The van der Waals surface area contributed by atoms with E-state index in [0.29, 0.717) is 11.8 Å². The summed E-state index contributed by atoms with van der Waals surface area (Å²) in [6.45, 7) is 2.20. The van der Waals surface area contributed by atoms with Crippen LogP contribution in [0, 0.1) is 35.0 Å². The Labute approximate surface area is 232 Å². The van der Waals surface area contributed by atoms with E-state index in [0.717, 1.165) is 79.1 Å². The van der Waals surface area contributed by atoms with Crippen LogP contribution in [0.25, 0.3) is 0 Å². The van der Waals surface area contributed by atoms with Gasteiger partial charge in [0.25, 0.3) is 0 Å². The highest BCUT2D eigenvalue weighted by atomic mass is 16.5. The van der Waals surface area contributed by atoms with E-state index in [1.165, 1.54) is 37.7 Å². The molecule has 7 aliphatic rings. The van der Waals surface area contributed by atoms with E-state index < -0.39 is 5.41 Å². The van der Waals surface area contributed by atoms with Gasteiger partial charge in [-0.1, -0.05) is 69.0 Å². The highest BCUT2D eigenvalue weighted by molar-refractivity contribution is 5.99. The van der Waals surface area contributed by atoms with Crippen molar-refractivity contribution in [1.29, 1.82) is 0 Å². The summed E-state index contributed by atoms with van der Waals surface area (Å²) in [7, 11) is 0. The molecule has 1 aromatic rings. The molecule has 5 unspecified atom stereocenters. The van der Waals surface area contributed by atoms with E-state index in [-0.39, 0.29) is 23.8 Å². The third-order valence-corrected chi connectivity index (χ3v) is 10.8. The summed E-state index contributed by atoms with van der Waals surface area (Å²) < 4.78 is 12.1. The summed E-state index contributed by atoms with van der Waals surface area (Å²) in [6, 6.07) is 10.5. The van der Waals surface area contributed by atoms with Crippen LogP contribution < -0.4 is 0 Å². The van der Waals surface area contributed by atoms with E-state index in [9.17, 15) is 9.59 Å². The molecule has 2 heterocycles. The number of allylic oxidation sites excluding steroid dienone is 5. The topological polar surface area (TPSA) is 52.6 Å². The molecular weight excluding hydrogens is 484 g/mol. The van der Waals surface area contributed by atoms with Gasteiger partial charge in [-0.25, -0.2) is 9.59 Å².